The lowest BCUT2D eigenvalue weighted by Gasteiger charge is -2.26. The molecule has 0 radical (unpaired) electrons. The first-order chi connectivity index (χ1) is 11.0. The first-order valence-corrected chi connectivity index (χ1v) is 7.21. The molecule has 4 amide bonds. The lowest BCUT2D eigenvalue weighted by Crippen LogP contribution is -2.54. The van der Waals surface area contributed by atoms with Crippen LogP contribution in [0.25, 0.3) is 6.08 Å². The number of hydrogen-bond donors (Lipinski definition) is 2. The van der Waals surface area contributed by atoms with E-state index in [4.69, 9.17) is 4.42 Å². The maximum Gasteiger partial charge on any atom is 0.335 e. The number of hydrogen-bond acceptors (Lipinski definition) is 5. The normalized spacial score (nSPS) is 16.8. The van der Waals surface area contributed by atoms with Gasteiger partial charge < -0.3 is 9.52 Å². The number of furan rings is 1. The van der Waals surface area contributed by atoms with Crippen molar-refractivity contribution >= 4 is 45.5 Å². The number of anilines is 1. The van der Waals surface area contributed by atoms with Crippen LogP contribution in [0.3, 0.4) is 0 Å². The highest BCUT2D eigenvalue weighted by Gasteiger charge is 2.37. The van der Waals surface area contributed by atoms with E-state index in [9.17, 15) is 19.5 Å². The van der Waals surface area contributed by atoms with Crippen LogP contribution in [0.4, 0.5) is 10.5 Å². The summed E-state index contributed by atoms with van der Waals surface area (Å²) < 4.78 is 5.68. The third kappa shape index (κ3) is 2.88. The average molecular weight is 377 g/mol. The van der Waals surface area contributed by atoms with Gasteiger partial charge in [-0.15, -0.1) is 0 Å². The third-order valence-electron chi connectivity index (χ3n) is 3.09. The van der Waals surface area contributed by atoms with Crippen molar-refractivity contribution in [3.8, 4) is 5.75 Å². The number of phenolic OH excluding ortho intramolecular Hbond substituents is 1. The first kappa shape index (κ1) is 15.0. The van der Waals surface area contributed by atoms with Crippen molar-refractivity contribution in [1.82, 2.24) is 5.32 Å². The topological polar surface area (TPSA) is 99.9 Å². The molecule has 1 saturated heterocycles. The molecule has 3 rings (SSSR count). The second-order valence-electron chi connectivity index (χ2n) is 4.62. The maximum absolute atomic E-state index is 12.5. The Morgan fingerprint density at radius 3 is 2.39 bits per heavy atom. The number of nitrogens with zero attached hydrogens (tertiary/aromatic N) is 1. The van der Waals surface area contributed by atoms with Gasteiger partial charge in [-0.3, -0.25) is 14.9 Å². The Labute approximate surface area is 138 Å². The number of aromatic hydroxyl groups is 1. The minimum Gasteiger partial charge on any atom is -0.508 e. The van der Waals surface area contributed by atoms with Crippen molar-refractivity contribution in [2.24, 2.45) is 0 Å². The van der Waals surface area contributed by atoms with Crippen LogP contribution in [0.15, 0.2) is 51.1 Å². The zero-order chi connectivity index (χ0) is 16.6. The van der Waals surface area contributed by atoms with E-state index >= 15 is 0 Å². The van der Waals surface area contributed by atoms with Gasteiger partial charge in [-0.25, -0.2) is 9.69 Å². The van der Waals surface area contributed by atoms with Crippen LogP contribution in [0.2, 0.25) is 0 Å². The lowest BCUT2D eigenvalue weighted by molar-refractivity contribution is -0.122. The van der Waals surface area contributed by atoms with Gasteiger partial charge in [0.2, 0.25) is 0 Å². The van der Waals surface area contributed by atoms with E-state index in [1.165, 1.54) is 30.3 Å². The number of benzene rings is 1. The molecule has 0 atom stereocenters. The van der Waals surface area contributed by atoms with Crippen LogP contribution in [0.5, 0.6) is 5.75 Å². The molecule has 2 aromatic rings. The van der Waals surface area contributed by atoms with E-state index in [2.05, 4.69) is 21.2 Å². The molecule has 116 valence electrons. The summed E-state index contributed by atoms with van der Waals surface area (Å²) in [4.78, 5) is 37.2. The highest BCUT2D eigenvalue weighted by atomic mass is 79.9. The zero-order valence-electron chi connectivity index (χ0n) is 11.4. The van der Waals surface area contributed by atoms with Gasteiger partial charge in [-0.1, -0.05) is 0 Å². The SMILES string of the molecule is O=C1NC(=O)N(c2ccc(O)cc2)C(=O)/C1=C/c1ccc(Br)o1. The number of carbonyl (C=O) groups excluding carboxylic acids is 3. The minimum absolute atomic E-state index is 0.00843. The van der Waals surface area contributed by atoms with E-state index in [0.717, 1.165) is 4.90 Å². The summed E-state index contributed by atoms with van der Waals surface area (Å²) in [7, 11) is 0. The number of amides is 4. The Morgan fingerprint density at radius 1 is 1.09 bits per heavy atom. The smallest absolute Gasteiger partial charge is 0.335 e. The van der Waals surface area contributed by atoms with Gasteiger partial charge in [0.1, 0.15) is 17.1 Å². The van der Waals surface area contributed by atoms with Crippen molar-refractivity contribution in [1.29, 1.82) is 0 Å². The van der Waals surface area contributed by atoms with Gasteiger partial charge in [0.15, 0.2) is 4.67 Å². The maximum atomic E-state index is 12.5. The monoisotopic (exact) mass is 376 g/mol. The van der Waals surface area contributed by atoms with Crippen LogP contribution in [0.1, 0.15) is 5.76 Å². The fourth-order valence-electron chi connectivity index (χ4n) is 2.04. The number of urea groups is 1. The summed E-state index contributed by atoms with van der Waals surface area (Å²) in [5.74, 6) is -1.30. The van der Waals surface area contributed by atoms with E-state index in [1.807, 2.05) is 0 Å². The fraction of sp³-hybridized carbons (Fsp3) is 0. The quantitative estimate of drug-likeness (QED) is 0.619. The summed E-state index contributed by atoms with van der Waals surface area (Å²) in [6.45, 7) is 0. The second-order valence-corrected chi connectivity index (χ2v) is 5.40. The number of nitrogens with one attached hydrogen (secondary N) is 1. The predicted octanol–water partition coefficient (Wildman–Crippen LogP) is 2.41. The molecule has 0 spiro atoms. The van der Waals surface area contributed by atoms with Gasteiger partial charge in [-0.05, 0) is 58.4 Å². The van der Waals surface area contributed by atoms with Crippen molar-refractivity contribution in [3.63, 3.8) is 0 Å². The van der Waals surface area contributed by atoms with Crippen LogP contribution in [-0.2, 0) is 9.59 Å². The number of rotatable bonds is 2. The molecule has 8 heteroatoms. The van der Waals surface area contributed by atoms with Crippen molar-refractivity contribution in [3.05, 3.63) is 52.4 Å². The lowest BCUT2D eigenvalue weighted by atomic mass is 10.1. The molecule has 1 aliphatic heterocycles. The van der Waals surface area contributed by atoms with E-state index < -0.39 is 17.8 Å². The standard InChI is InChI=1S/C15H9BrN2O5/c16-12-6-5-10(23-12)7-11-13(20)17-15(22)18(14(11)21)8-1-3-9(19)4-2-8/h1-7,19H,(H,17,20,22)/b11-7+. The van der Waals surface area contributed by atoms with Crippen LogP contribution in [0, 0.1) is 0 Å². The molecule has 23 heavy (non-hydrogen) atoms. The zero-order valence-corrected chi connectivity index (χ0v) is 13.0. The molecule has 0 aliphatic carbocycles. The molecule has 1 aromatic heterocycles. The Balaban J connectivity index is 2.00. The number of phenols is 1. The van der Waals surface area contributed by atoms with Crippen LogP contribution < -0.4 is 10.2 Å². The second kappa shape index (κ2) is 5.73. The summed E-state index contributed by atoms with van der Waals surface area (Å²) >= 11 is 3.12. The van der Waals surface area contributed by atoms with Gasteiger partial charge in [0.05, 0.1) is 5.69 Å². The molecule has 1 aliphatic rings. The largest absolute Gasteiger partial charge is 0.508 e. The summed E-state index contributed by atoms with van der Waals surface area (Å²) in [5, 5.41) is 11.4. The number of carbonyl (C=O) groups is 3. The van der Waals surface area contributed by atoms with Crippen molar-refractivity contribution in [2.75, 3.05) is 4.90 Å². The van der Waals surface area contributed by atoms with Gasteiger partial charge in [0, 0.05) is 0 Å². The Kier molecular flexibility index (Phi) is 3.75. The molecular weight excluding hydrogens is 368 g/mol. The summed E-state index contributed by atoms with van der Waals surface area (Å²) in [6, 6.07) is 7.77. The van der Waals surface area contributed by atoms with Gasteiger partial charge >= 0.3 is 6.03 Å². The molecule has 1 fully saturated rings. The third-order valence-corrected chi connectivity index (χ3v) is 3.52. The van der Waals surface area contributed by atoms with E-state index in [0.29, 0.717) is 4.67 Å². The van der Waals surface area contributed by atoms with Crippen molar-refractivity contribution in [2.45, 2.75) is 0 Å². The Morgan fingerprint density at radius 2 is 1.78 bits per heavy atom. The molecule has 0 saturated carbocycles. The van der Waals surface area contributed by atoms with Gasteiger partial charge in [-0.2, -0.15) is 0 Å². The number of imide groups is 2. The molecule has 0 bridgehead atoms. The summed E-state index contributed by atoms with van der Waals surface area (Å²) in [5.41, 5.74) is -0.0103. The van der Waals surface area contributed by atoms with Crippen LogP contribution >= 0.6 is 15.9 Å². The first-order valence-electron chi connectivity index (χ1n) is 6.41. The summed E-state index contributed by atoms with van der Waals surface area (Å²) in [6.07, 6.45) is 1.25. The molecule has 0 unspecified atom stereocenters. The average Bonchev–Trinajstić information content (AvgIpc) is 2.91. The number of barbiturate groups is 1. The Bertz CT molecular complexity index is 838. The van der Waals surface area contributed by atoms with Crippen LogP contribution in [-0.4, -0.2) is 23.0 Å². The van der Waals surface area contributed by atoms with E-state index in [-0.39, 0.29) is 22.8 Å². The van der Waals surface area contributed by atoms with Crippen molar-refractivity contribution < 1.29 is 23.9 Å². The molecule has 2 N–H and O–H groups in total. The predicted molar refractivity (Wildman–Crippen MR) is 83.5 cm³/mol. The van der Waals surface area contributed by atoms with E-state index in [1.54, 1.807) is 12.1 Å². The minimum atomic E-state index is -0.858. The highest BCUT2D eigenvalue weighted by Crippen LogP contribution is 2.24. The molecule has 2 heterocycles. The Hall–Kier alpha value is -2.87. The van der Waals surface area contributed by atoms with Gasteiger partial charge in [0.25, 0.3) is 11.8 Å². The molecular formula is C15H9BrN2O5. The molecule has 7 nitrogen and oxygen atoms in total. The number of halogens is 1. The molecule has 1 aromatic carbocycles. The fourth-order valence-corrected chi connectivity index (χ4v) is 2.36. The highest BCUT2D eigenvalue weighted by molar-refractivity contribution is 9.10.